The molecule has 1 unspecified atom stereocenters. The zero-order valence-electron chi connectivity index (χ0n) is 9.58. The van der Waals surface area contributed by atoms with Gasteiger partial charge < -0.3 is 4.74 Å². The minimum absolute atomic E-state index is 0.312. The summed E-state index contributed by atoms with van der Waals surface area (Å²) in [6.07, 6.45) is 6.76. The number of carbonyl (C=O) groups excluding carboxylic acids is 1. The predicted molar refractivity (Wildman–Crippen MR) is 70.2 cm³/mol. The van der Waals surface area contributed by atoms with E-state index in [2.05, 4.69) is 10.9 Å². The quantitative estimate of drug-likeness (QED) is 0.624. The molecule has 90 valence electrons. The number of ether oxygens (including phenoxy) is 1. The van der Waals surface area contributed by atoms with Crippen LogP contribution in [-0.4, -0.2) is 11.0 Å². The van der Waals surface area contributed by atoms with E-state index in [1.54, 1.807) is 29.8 Å². The molecule has 1 atom stereocenters. The Morgan fingerprint density at radius 1 is 1.50 bits per heavy atom. The maximum atomic E-state index is 11.9. The molecule has 0 bridgehead atoms. The van der Waals surface area contributed by atoms with Gasteiger partial charge in [0.2, 0.25) is 0 Å². The van der Waals surface area contributed by atoms with Crippen molar-refractivity contribution < 1.29 is 9.53 Å². The molecular formula is C14H11NO2S. The molecule has 2 heterocycles. The van der Waals surface area contributed by atoms with Gasteiger partial charge in [-0.25, -0.2) is 4.79 Å². The van der Waals surface area contributed by atoms with E-state index in [0.717, 1.165) is 0 Å². The molecule has 0 saturated carbocycles. The van der Waals surface area contributed by atoms with Gasteiger partial charge in [-0.15, -0.1) is 12.3 Å². The van der Waals surface area contributed by atoms with Gasteiger partial charge in [-0.1, -0.05) is 6.07 Å². The summed E-state index contributed by atoms with van der Waals surface area (Å²) in [5.74, 6) is 2.13. The molecule has 18 heavy (non-hydrogen) atoms. The molecule has 2 aromatic rings. The number of thiophene rings is 1. The van der Waals surface area contributed by atoms with Crippen LogP contribution in [0.2, 0.25) is 0 Å². The van der Waals surface area contributed by atoms with Crippen LogP contribution in [0.25, 0.3) is 0 Å². The lowest BCUT2D eigenvalue weighted by Crippen LogP contribution is -2.12. The SMILES string of the molecule is C#CCC(OC(=O)c1ccsc1)c1ccccn1. The highest BCUT2D eigenvalue weighted by Gasteiger charge is 2.18. The van der Waals surface area contributed by atoms with Crippen LogP contribution in [0, 0.1) is 12.3 Å². The van der Waals surface area contributed by atoms with Gasteiger partial charge in [0, 0.05) is 11.6 Å². The molecule has 0 aliphatic heterocycles. The molecule has 0 N–H and O–H groups in total. The molecular weight excluding hydrogens is 246 g/mol. The second kappa shape index (κ2) is 5.99. The van der Waals surface area contributed by atoms with Crippen molar-refractivity contribution in [2.24, 2.45) is 0 Å². The summed E-state index contributed by atoms with van der Waals surface area (Å²) in [4.78, 5) is 16.0. The van der Waals surface area contributed by atoms with Crippen LogP contribution >= 0.6 is 11.3 Å². The number of nitrogens with zero attached hydrogens (tertiary/aromatic N) is 1. The monoisotopic (exact) mass is 257 g/mol. The molecule has 0 saturated heterocycles. The van der Waals surface area contributed by atoms with Gasteiger partial charge >= 0.3 is 5.97 Å². The van der Waals surface area contributed by atoms with Crippen molar-refractivity contribution >= 4 is 17.3 Å². The first kappa shape index (κ1) is 12.3. The Morgan fingerprint density at radius 3 is 3.00 bits per heavy atom. The normalized spacial score (nSPS) is 11.5. The smallest absolute Gasteiger partial charge is 0.339 e. The Balaban J connectivity index is 2.13. The van der Waals surface area contributed by atoms with Crippen LogP contribution in [0.5, 0.6) is 0 Å². The Kier molecular flexibility index (Phi) is 4.11. The van der Waals surface area contributed by atoms with Crippen molar-refractivity contribution in [1.82, 2.24) is 4.98 Å². The van der Waals surface area contributed by atoms with Crippen LogP contribution in [0.3, 0.4) is 0 Å². The molecule has 0 aromatic carbocycles. The average Bonchev–Trinajstić information content (AvgIpc) is 2.93. The molecule has 0 amide bonds. The molecule has 0 aliphatic rings. The van der Waals surface area contributed by atoms with Crippen LogP contribution < -0.4 is 0 Å². The number of pyridine rings is 1. The Hall–Kier alpha value is -2.12. The fourth-order valence-corrected chi connectivity index (χ4v) is 2.08. The number of hydrogen-bond acceptors (Lipinski definition) is 4. The number of aromatic nitrogens is 1. The highest BCUT2D eigenvalue weighted by Crippen LogP contribution is 2.21. The maximum absolute atomic E-state index is 11.9. The number of terminal acetylenes is 1. The van der Waals surface area contributed by atoms with Gasteiger partial charge in [-0.3, -0.25) is 4.98 Å². The zero-order valence-corrected chi connectivity index (χ0v) is 10.4. The Morgan fingerprint density at radius 2 is 2.39 bits per heavy atom. The second-order valence-electron chi connectivity index (χ2n) is 3.57. The summed E-state index contributed by atoms with van der Waals surface area (Å²) in [6.45, 7) is 0. The van der Waals surface area contributed by atoms with Crippen molar-refractivity contribution in [2.75, 3.05) is 0 Å². The molecule has 0 aliphatic carbocycles. The van der Waals surface area contributed by atoms with E-state index in [1.165, 1.54) is 11.3 Å². The predicted octanol–water partition coefficient (Wildman–Crippen LogP) is 3.06. The summed E-state index contributed by atoms with van der Waals surface area (Å²) in [5, 5.41) is 3.57. The van der Waals surface area contributed by atoms with E-state index in [9.17, 15) is 4.79 Å². The number of rotatable bonds is 4. The van der Waals surface area contributed by atoms with Gasteiger partial charge in [0.25, 0.3) is 0 Å². The summed E-state index contributed by atoms with van der Waals surface area (Å²) in [7, 11) is 0. The molecule has 0 fully saturated rings. The van der Waals surface area contributed by atoms with E-state index in [1.807, 2.05) is 11.4 Å². The topological polar surface area (TPSA) is 39.2 Å². The van der Waals surface area contributed by atoms with Gasteiger partial charge in [-0.05, 0) is 23.6 Å². The lowest BCUT2D eigenvalue weighted by atomic mass is 10.1. The summed E-state index contributed by atoms with van der Waals surface area (Å²) in [6, 6.07) is 7.16. The van der Waals surface area contributed by atoms with E-state index in [0.29, 0.717) is 17.7 Å². The fraction of sp³-hybridized carbons (Fsp3) is 0.143. The third-order valence-electron chi connectivity index (χ3n) is 2.33. The zero-order chi connectivity index (χ0) is 12.8. The largest absolute Gasteiger partial charge is 0.451 e. The van der Waals surface area contributed by atoms with E-state index >= 15 is 0 Å². The van der Waals surface area contributed by atoms with Crippen molar-refractivity contribution in [3.63, 3.8) is 0 Å². The van der Waals surface area contributed by atoms with Crippen molar-refractivity contribution in [3.05, 3.63) is 52.5 Å². The first-order valence-corrected chi connectivity index (χ1v) is 6.33. The lowest BCUT2D eigenvalue weighted by Gasteiger charge is -2.14. The van der Waals surface area contributed by atoms with Crippen LogP contribution in [0.15, 0.2) is 41.2 Å². The van der Waals surface area contributed by atoms with Crippen LogP contribution in [-0.2, 0) is 4.74 Å². The third-order valence-corrected chi connectivity index (χ3v) is 3.01. The number of hydrogen-bond donors (Lipinski definition) is 0. The van der Waals surface area contributed by atoms with E-state index in [-0.39, 0.29) is 5.97 Å². The summed E-state index contributed by atoms with van der Waals surface area (Å²) in [5.41, 5.74) is 1.21. The first-order valence-electron chi connectivity index (χ1n) is 5.39. The molecule has 2 aromatic heterocycles. The van der Waals surface area contributed by atoms with E-state index < -0.39 is 6.10 Å². The Bertz CT molecular complexity index is 543. The standard InChI is InChI=1S/C14H11NO2S/c1-2-5-13(12-6-3-4-8-15-12)17-14(16)11-7-9-18-10-11/h1,3-4,6-10,13H,5H2. The van der Waals surface area contributed by atoms with Gasteiger partial charge in [0.15, 0.2) is 6.10 Å². The molecule has 0 radical (unpaired) electrons. The van der Waals surface area contributed by atoms with Gasteiger partial charge in [0.1, 0.15) is 0 Å². The van der Waals surface area contributed by atoms with Gasteiger partial charge in [0.05, 0.1) is 17.7 Å². The van der Waals surface area contributed by atoms with Gasteiger partial charge in [-0.2, -0.15) is 11.3 Å². The maximum Gasteiger partial charge on any atom is 0.339 e. The molecule has 3 nitrogen and oxygen atoms in total. The van der Waals surface area contributed by atoms with Crippen molar-refractivity contribution in [2.45, 2.75) is 12.5 Å². The van der Waals surface area contributed by atoms with E-state index in [4.69, 9.17) is 11.2 Å². The highest BCUT2D eigenvalue weighted by molar-refractivity contribution is 7.08. The lowest BCUT2D eigenvalue weighted by molar-refractivity contribution is 0.0299. The minimum atomic E-state index is -0.497. The third kappa shape index (κ3) is 2.96. The van der Waals surface area contributed by atoms with Crippen LogP contribution in [0.4, 0.5) is 0 Å². The van der Waals surface area contributed by atoms with Crippen LogP contribution in [0.1, 0.15) is 28.6 Å². The minimum Gasteiger partial charge on any atom is -0.451 e. The summed E-state index contributed by atoms with van der Waals surface area (Å²) < 4.78 is 5.38. The fourth-order valence-electron chi connectivity index (χ4n) is 1.46. The van der Waals surface area contributed by atoms with Crippen molar-refractivity contribution in [1.29, 1.82) is 0 Å². The molecule has 2 rings (SSSR count). The first-order chi connectivity index (χ1) is 8.81. The highest BCUT2D eigenvalue weighted by atomic mass is 32.1. The van der Waals surface area contributed by atoms with Crippen molar-refractivity contribution in [3.8, 4) is 12.3 Å². The molecule has 4 heteroatoms. The number of esters is 1. The second-order valence-corrected chi connectivity index (χ2v) is 4.35. The average molecular weight is 257 g/mol. The molecule has 0 spiro atoms. The number of carbonyl (C=O) groups is 1. The Labute approximate surface area is 109 Å². The summed E-state index contributed by atoms with van der Waals surface area (Å²) >= 11 is 1.45.